The number of amides is 1. The van der Waals surface area contributed by atoms with Crippen molar-refractivity contribution < 1.29 is 9.53 Å². The summed E-state index contributed by atoms with van der Waals surface area (Å²) < 4.78 is 5.78. The Morgan fingerprint density at radius 1 is 1.03 bits per heavy atom. The van der Waals surface area contributed by atoms with Gasteiger partial charge in [0.2, 0.25) is 0 Å². The minimum Gasteiger partial charge on any atom is -0.445 e. The highest BCUT2D eigenvalue weighted by Gasteiger charge is 2.55. The van der Waals surface area contributed by atoms with Crippen LogP contribution in [0.2, 0.25) is 0 Å². The molecule has 3 aliphatic rings. The first kappa shape index (κ1) is 20.5. The van der Waals surface area contributed by atoms with Crippen LogP contribution >= 0.6 is 0 Å². The van der Waals surface area contributed by atoms with Gasteiger partial charge in [-0.25, -0.2) is 4.79 Å². The van der Waals surface area contributed by atoms with Crippen LogP contribution in [0.1, 0.15) is 48.8 Å². The number of ether oxygens (including phenoxy) is 1. The first-order valence-electron chi connectivity index (χ1n) is 12.3. The van der Waals surface area contributed by atoms with Gasteiger partial charge in [-0.3, -0.25) is 4.98 Å². The topological polar surface area (TPSA) is 42.4 Å². The van der Waals surface area contributed by atoms with Gasteiger partial charge in [0.05, 0.1) is 0 Å². The van der Waals surface area contributed by atoms with Crippen LogP contribution in [0.4, 0.5) is 4.79 Å². The van der Waals surface area contributed by atoms with Gasteiger partial charge in [-0.1, -0.05) is 67.4 Å². The third kappa shape index (κ3) is 3.52. The highest BCUT2D eigenvalue weighted by Crippen LogP contribution is 2.56. The van der Waals surface area contributed by atoms with Gasteiger partial charge >= 0.3 is 6.09 Å². The molecule has 1 amide bonds. The maximum Gasteiger partial charge on any atom is 0.410 e. The smallest absolute Gasteiger partial charge is 0.410 e. The fraction of sp³-hybridized carbons (Fsp3) is 0.379. The van der Waals surface area contributed by atoms with Crippen molar-refractivity contribution in [3.05, 3.63) is 89.7 Å². The van der Waals surface area contributed by atoms with Gasteiger partial charge in [0.15, 0.2) is 0 Å². The monoisotopic (exact) mass is 438 g/mol. The lowest BCUT2D eigenvalue weighted by molar-refractivity contribution is -0.0136. The molecule has 2 fully saturated rings. The number of pyridine rings is 1. The van der Waals surface area contributed by atoms with Gasteiger partial charge in [0.1, 0.15) is 6.61 Å². The van der Waals surface area contributed by atoms with Crippen molar-refractivity contribution in [2.24, 2.45) is 5.92 Å². The standard InChI is InChI=1S/C29H30N2O2/c32-28(33-20-21-7-2-1-3-8-21)31-16-14-29-13-5-4-10-25(29)27(31)18-23-12-11-22(17-26(23)29)24-9-6-15-30-19-24/h1-3,6-9,11-12,15,17,19,25,27H,4-5,10,13-14,16,18,20H2/t25-,27+,29?/m1/s1. The number of hydrogen-bond acceptors (Lipinski definition) is 3. The van der Waals surface area contributed by atoms with Crippen LogP contribution in [0.25, 0.3) is 11.1 Å². The molecule has 0 radical (unpaired) electrons. The maximum absolute atomic E-state index is 13.2. The average molecular weight is 439 g/mol. The second kappa shape index (κ2) is 8.33. The number of carbonyl (C=O) groups is 1. The number of likely N-dealkylation sites (tertiary alicyclic amines) is 1. The predicted octanol–water partition coefficient (Wildman–Crippen LogP) is 6.14. The van der Waals surface area contributed by atoms with Crippen molar-refractivity contribution in [1.82, 2.24) is 9.88 Å². The van der Waals surface area contributed by atoms with Crippen molar-refractivity contribution in [3.63, 3.8) is 0 Å². The number of aromatic nitrogens is 1. The Kier molecular flexibility index (Phi) is 5.17. The first-order chi connectivity index (χ1) is 16.2. The summed E-state index contributed by atoms with van der Waals surface area (Å²) in [5.41, 5.74) is 6.59. The van der Waals surface area contributed by atoms with Gasteiger partial charge in [0, 0.05) is 30.4 Å². The molecule has 4 nitrogen and oxygen atoms in total. The zero-order chi connectivity index (χ0) is 22.3. The molecule has 0 N–H and O–H groups in total. The second-order valence-electron chi connectivity index (χ2n) is 9.88. The van der Waals surface area contributed by atoms with Gasteiger partial charge in [0.25, 0.3) is 0 Å². The molecule has 1 aliphatic heterocycles. The summed E-state index contributed by atoms with van der Waals surface area (Å²) in [5.74, 6) is 0.515. The van der Waals surface area contributed by atoms with Crippen LogP contribution in [0, 0.1) is 5.92 Å². The normalized spacial score (nSPS) is 25.6. The van der Waals surface area contributed by atoms with Crippen molar-refractivity contribution in [3.8, 4) is 11.1 Å². The third-order valence-corrected chi connectivity index (χ3v) is 8.27. The number of rotatable bonds is 3. The molecule has 4 heteroatoms. The van der Waals surface area contributed by atoms with E-state index in [9.17, 15) is 4.79 Å². The SMILES string of the molecule is O=C(OCc1ccccc1)N1CCC23CCCC[C@@H]2[C@@H]1Cc1ccc(-c2cccnc2)cc13. The Morgan fingerprint density at radius 3 is 2.79 bits per heavy atom. The molecule has 168 valence electrons. The fourth-order valence-electron chi connectivity index (χ4n) is 6.75. The van der Waals surface area contributed by atoms with E-state index in [1.54, 1.807) is 0 Å². The van der Waals surface area contributed by atoms with Gasteiger partial charge in [-0.2, -0.15) is 0 Å². The van der Waals surface area contributed by atoms with Crippen molar-refractivity contribution >= 4 is 6.09 Å². The van der Waals surface area contributed by atoms with E-state index in [0.29, 0.717) is 12.5 Å². The summed E-state index contributed by atoms with van der Waals surface area (Å²) in [6, 6.07) is 21.3. The summed E-state index contributed by atoms with van der Waals surface area (Å²) in [6.45, 7) is 1.12. The van der Waals surface area contributed by atoms with Crippen molar-refractivity contribution in [1.29, 1.82) is 0 Å². The molecule has 2 aromatic carbocycles. The van der Waals surface area contributed by atoms with Crippen molar-refractivity contribution in [2.75, 3.05) is 6.54 Å². The molecule has 2 aliphatic carbocycles. The van der Waals surface area contributed by atoms with Gasteiger partial charge < -0.3 is 9.64 Å². The van der Waals surface area contributed by atoms with E-state index in [4.69, 9.17) is 4.74 Å². The summed E-state index contributed by atoms with van der Waals surface area (Å²) >= 11 is 0. The maximum atomic E-state index is 13.2. The van der Waals surface area contributed by atoms with Gasteiger partial charge in [-0.15, -0.1) is 0 Å². The molecule has 1 saturated heterocycles. The van der Waals surface area contributed by atoms with E-state index >= 15 is 0 Å². The molecule has 0 spiro atoms. The van der Waals surface area contributed by atoms with Crippen LogP contribution in [-0.2, 0) is 23.2 Å². The Bertz CT molecular complexity index is 1150. The van der Waals surface area contributed by atoms with Crippen LogP contribution in [-0.4, -0.2) is 28.6 Å². The number of hydrogen-bond donors (Lipinski definition) is 0. The highest BCUT2D eigenvalue weighted by molar-refractivity contribution is 5.70. The summed E-state index contributed by atoms with van der Waals surface area (Å²) in [5, 5.41) is 0. The van der Waals surface area contributed by atoms with Crippen LogP contribution in [0.5, 0.6) is 0 Å². The lowest BCUT2D eigenvalue weighted by Gasteiger charge is -2.58. The number of benzene rings is 2. The van der Waals surface area contributed by atoms with Crippen LogP contribution < -0.4 is 0 Å². The Hall–Kier alpha value is -3.14. The fourth-order valence-corrected chi connectivity index (χ4v) is 6.75. The highest BCUT2D eigenvalue weighted by atomic mass is 16.6. The zero-order valence-corrected chi connectivity index (χ0v) is 19.0. The lowest BCUT2D eigenvalue weighted by Crippen LogP contribution is -2.62. The van der Waals surface area contributed by atoms with E-state index in [-0.39, 0.29) is 17.6 Å². The lowest BCUT2D eigenvalue weighted by atomic mass is 9.52. The third-order valence-electron chi connectivity index (χ3n) is 8.27. The van der Waals surface area contributed by atoms with E-state index in [1.807, 2.05) is 48.8 Å². The minimum atomic E-state index is -0.154. The van der Waals surface area contributed by atoms with E-state index in [0.717, 1.165) is 24.9 Å². The molecule has 33 heavy (non-hydrogen) atoms. The molecule has 1 saturated carbocycles. The van der Waals surface area contributed by atoms with Crippen LogP contribution in [0.3, 0.4) is 0 Å². The zero-order valence-electron chi connectivity index (χ0n) is 19.0. The van der Waals surface area contributed by atoms with Gasteiger partial charge in [-0.05, 0) is 65.5 Å². The molecular weight excluding hydrogens is 408 g/mol. The molecule has 1 aromatic heterocycles. The molecule has 2 bridgehead atoms. The Morgan fingerprint density at radius 2 is 1.94 bits per heavy atom. The first-order valence-corrected chi connectivity index (χ1v) is 12.3. The molecule has 2 heterocycles. The Labute approximate surface area is 195 Å². The van der Waals surface area contributed by atoms with E-state index < -0.39 is 0 Å². The Balaban J connectivity index is 1.31. The van der Waals surface area contributed by atoms with E-state index in [2.05, 4.69) is 34.1 Å². The number of fused-ring (bicyclic) bond motifs is 1. The summed E-state index contributed by atoms with van der Waals surface area (Å²) in [7, 11) is 0. The molecule has 3 atom stereocenters. The minimum absolute atomic E-state index is 0.154. The summed E-state index contributed by atoms with van der Waals surface area (Å²) in [4.78, 5) is 19.6. The summed E-state index contributed by atoms with van der Waals surface area (Å²) in [6.07, 6.45) is 10.5. The molecular formula is C29H30N2O2. The second-order valence-corrected chi connectivity index (χ2v) is 9.88. The largest absolute Gasteiger partial charge is 0.445 e. The van der Waals surface area contributed by atoms with Crippen LogP contribution in [0.15, 0.2) is 73.1 Å². The molecule has 6 rings (SSSR count). The molecule has 3 aromatic rings. The molecule has 1 unspecified atom stereocenters. The number of nitrogens with zero attached hydrogens (tertiary/aromatic N) is 2. The number of carbonyl (C=O) groups excluding carboxylic acids is 1. The van der Waals surface area contributed by atoms with Crippen molar-refractivity contribution in [2.45, 2.75) is 56.6 Å². The average Bonchev–Trinajstić information content (AvgIpc) is 2.88. The van der Waals surface area contributed by atoms with E-state index in [1.165, 1.54) is 47.9 Å². The number of piperidine rings is 1. The predicted molar refractivity (Wildman–Crippen MR) is 129 cm³/mol. The quantitative estimate of drug-likeness (QED) is 0.493.